The molecule has 9 heteroatoms. The van der Waals surface area contributed by atoms with Crippen LogP contribution in [0.15, 0.2) is 108 Å². The number of halogens is 1. The highest BCUT2D eigenvalue weighted by Gasteiger charge is 2.34. The van der Waals surface area contributed by atoms with E-state index < -0.39 is 28.5 Å². The first kappa shape index (κ1) is 30.8. The standard InChI is InChI=1S/C33H34ClN3O4S/c1-24-13-15-27(16-14-24)22-36(31(33(39)35-3)21-26-10-5-4-6-11-26)32(38)23-37(30-12-8-7-9-25(30)2)42(40,41)29-19-17-28(34)18-20-29/h4-20,31H,21-23H2,1-3H3,(H,35,39)/t31-/m1/s1. The number of rotatable bonds is 11. The summed E-state index contributed by atoms with van der Waals surface area (Å²) in [7, 11) is -2.66. The van der Waals surface area contributed by atoms with Crippen molar-refractivity contribution in [2.75, 3.05) is 17.9 Å². The van der Waals surface area contributed by atoms with Crippen molar-refractivity contribution in [2.45, 2.75) is 37.8 Å². The number of hydrogen-bond donors (Lipinski definition) is 1. The Hall–Kier alpha value is -4.14. The van der Waals surface area contributed by atoms with Crippen molar-refractivity contribution in [3.05, 3.63) is 130 Å². The van der Waals surface area contributed by atoms with E-state index in [1.165, 1.54) is 36.2 Å². The van der Waals surface area contributed by atoms with Gasteiger partial charge in [0.1, 0.15) is 12.6 Å². The van der Waals surface area contributed by atoms with Gasteiger partial charge in [0.25, 0.3) is 10.0 Å². The van der Waals surface area contributed by atoms with Gasteiger partial charge in [-0.3, -0.25) is 13.9 Å². The predicted octanol–water partition coefficient (Wildman–Crippen LogP) is 5.54. The fourth-order valence-electron chi connectivity index (χ4n) is 4.70. The summed E-state index contributed by atoms with van der Waals surface area (Å²) in [5, 5.41) is 3.09. The lowest BCUT2D eigenvalue weighted by molar-refractivity contribution is -0.139. The highest BCUT2D eigenvalue weighted by molar-refractivity contribution is 7.92. The second-order valence-electron chi connectivity index (χ2n) is 10.1. The molecule has 0 radical (unpaired) electrons. The van der Waals surface area contributed by atoms with E-state index in [-0.39, 0.29) is 23.8 Å². The van der Waals surface area contributed by atoms with E-state index in [0.717, 1.165) is 21.0 Å². The number of amides is 2. The van der Waals surface area contributed by atoms with E-state index in [1.54, 1.807) is 31.2 Å². The average Bonchev–Trinajstić information content (AvgIpc) is 2.99. The number of benzene rings is 4. The Kier molecular flexibility index (Phi) is 10.0. The fraction of sp³-hybridized carbons (Fsp3) is 0.212. The molecule has 7 nitrogen and oxygen atoms in total. The summed E-state index contributed by atoms with van der Waals surface area (Å²) in [4.78, 5) is 29.1. The van der Waals surface area contributed by atoms with Crippen LogP contribution in [-0.4, -0.2) is 44.8 Å². The molecule has 1 N–H and O–H groups in total. The molecule has 218 valence electrons. The van der Waals surface area contributed by atoms with Crippen molar-refractivity contribution in [1.29, 1.82) is 0 Å². The second-order valence-corrected chi connectivity index (χ2v) is 12.4. The minimum Gasteiger partial charge on any atom is -0.357 e. The molecule has 0 spiro atoms. The van der Waals surface area contributed by atoms with Gasteiger partial charge in [-0.1, -0.05) is 90.0 Å². The highest BCUT2D eigenvalue weighted by atomic mass is 35.5. The van der Waals surface area contributed by atoms with Crippen LogP contribution in [0.2, 0.25) is 5.02 Å². The average molecular weight is 604 g/mol. The molecule has 4 aromatic rings. The van der Waals surface area contributed by atoms with Crippen LogP contribution in [-0.2, 0) is 32.6 Å². The number of para-hydroxylation sites is 1. The number of carbonyl (C=O) groups excluding carboxylic acids is 2. The zero-order valence-electron chi connectivity index (χ0n) is 23.8. The molecule has 0 heterocycles. The molecule has 4 rings (SSSR count). The maximum Gasteiger partial charge on any atom is 0.264 e. The first-order valence-corrected chi connectivity index (χ1v) is 15.4. The lowest BCUT2D eigenvalue weighted by Gasteiger charge is -2.34. The zero-order chi connectivity index (χ0) is 30.3. The summed E-state index contributed by atoms with van der Waals surface area (Å²) < 4.78 is 29.2. The zero-order valence-corrected chi connectivity index (χ0v) is 25.4. The summed E-state index contributed by atoms with van der Waals surface area (Å²) in [5.41, 5.74) is 3.80. The van der Waals surface area contributed by atoms with Gasteiger partial charge in [-0.15, -0.1) is 0 Å². The lowest BCUT2D eigenvalue weighted by Crippen LogP contribution is -2.53. The number of likely N-dealkylation sites (N-methyl/N-ethyl adjacent to an activating group) is 1. The fourth-order valence-corrected chi connectivity index (χ4v) is 6.31. The molecule has 42 heavy (non-hydrogen) atoms. The van der Waals surface area contributed by atoms with Gasteiger partial charge >= 0.3 is 0 Å². The van der Waals surface area contributed by atoms with Crippen LogP contribution in [0.5, 0.6) is 0 Å². The quantitative estimate of drug-likeness (QED) is 0.244. The highest BCUT2D eigenvalue weighted by Crippen LogP contribution is 2.28. The van der Waals surface area contributed by atoms with E-state index in [2.05, 4.69) is 5.32 Å². The topological polar surface area (TPSA) is 86.8 Å². The van der Waals surface area contributed by atoms with Gasteiger partial charge in [-0.05, 0) is 60.9 Å². The third kappa shape index (κ3) is 7.38. The van der Waals surface area contributed by atoms with Crippen LogP contribution in [0, 0.1) is 13.8 Å². The van der Waals surface area contributed by atoms with Gasteiger partial charge in [0.15, 0.2) is 0 Å². The summed E-state index contributed by atoms with van der Waals surface area (Å²) >= 11 is 6.03. The van der Waals surface area contributed by atoms with Crippen molar-refractivity contribution < 1.29 is 18.0 Å². The molecule has 1 atom stereocenters. The van der Waals surface area contributed by atoms with Crippen LogP contribution in [0.3, 0.4) is 0 Å². The van der Waals surface area contributed by atoms with Gasteiger partial charge in [-0.2, -0.15) is 0 Å². The number of sulfonamides is 1. The third-order valence-electron chi connectivity index (χ3n) is 7.06. The molecule has 4 aromatic carbocycles. The molecule has 0 aliphatic rings. The van der Waals surface area contributed by atoms with E-state index >= 15 is 0 Å². The van der Waals surface area contributed by atoms with Crippen LogP contribution >= 0.6 is 11.6 Å². The minimum absolute atomic E-state index is 0.000162. The van der Waals surface area contributed by atoms with Gasteiger partial charge < -0.3 is 10.2 Å². The first-order valence-electron chi connectivity index (χ1n) is 13.5. The van der Waals surface area contributed by atoms with Gasteiger partial charge in [0, 0.05) is 25.0 Å². The molecular formula is C33H34ClN3O4S. The summed E-state index contributed by atoms with van der Waals surface area (Å²) in [6, 6.07) is 29.1. The molecule has 0 saturated heterocycles. The first-order chi connectivity index (χ1) is 20.1. The Morgan fingerprint density at radius 1 is 0.810 bits per heavy atom. The van der Waals surface area contributed by atoms with Crippen molar-refractivity contribution in [1.82, 2.24) is 10.2 Å². The van der Waals surface area contributed by atoms with Crippen molar-refractivity contribution in [2.24, 2.45) is 0 Å². The molecule has 2 amide bonds. The van der Waals surface area contributed by atoms with Crippen molar-refractivity contribution in [3.8, 4) is 0 Å². The molecule has 0 aliphatic carbocycles. The summed E-state index contributed by atoms with van der Waals surface area (Å²) in [6.07, 6.45) is 0.256. The smallest absolute Gasteiger partial charge is 0.264 e. The largest absolute Gasteiger partial charge is 0.357 e. The predicted molar refractivity (Wildman–Crippen MR) is 167 cm³/mol. The van der Waals surface area contributed by atoms with Gasteiger partial charge in [0.2, 0.25) is 11.8 Å². The van der Waals surface area contributed by atoms with E-state index in [1.807, 2.05) is 61.5 Å². The number of hydrogen-bond acceptors (Lipinski definition) is 4. The minimum atomic E-state index is -4.18. The Morgan fingerprint density at radius 3 is 2.05 bits per heavy atom. The van der Waals surface area contributed by atoms with E-state index in [9.17, 15) is 18.0 Å². The van der Waals surface area contributed by atoms with Gasteiger partial charge in [0.05, 0.1) is 10.6 Å². The second kappa shape index (κ2) is 13.7. The molecule has 0 bridgehead atoms. The van der Waals surface area contributed by atoms with Crippen LogP contribution < -0.4 is 9.62 Å². The molecule has 0 aliphatic heterocycles. The SMILES string of the molecule is CNC(=O)[C@@H](Cc1ccccc1)N(Cc1ccc(C)cc1)C(=O)CN(c1ccccc1C)S(=O)(=O)c1ccc(Cl)cc1. The Bertz CT molecular complexity index is 1630. The Labute approximate surface area is 252 Å². The number of nitrogens with zero attached hydrogens (tertiary/aromatic N) is 2. The van der Waals surface area contributed by atoms with Crippen molar-refractivity contribution in [3.63, 3.8) is 0 Å². The molecule has 0 unspecified atom stereocenters. The third-order valence-corrected chi connectivity index (χ3v) is 9.08. The number of anilines is 1. The number of nitrogens with one attached hydrogen (secondary N) is 1. The summed E-state index contributed by atoms with van der Waals surface area (Å²) in [6.45, 7) is 3.37. The Morgan fingerprint density at radius 2 is 1.43 bits per heavy atom. The summed E-state index contributed by atoms with van der Waals surface area (Å²) in [5.74, 6) is -0.858. The van der Waals surface area contributed by atoms with E-state index in [4.69, 9.17) is 11.6 Å². The number of aryl methyl sites for hydroxylation is 2. The molecule has 0 saturated carbocycles. The van der Waals surface area contributed by atoms with E-state index in [0.29, 0.717) is 16.3 Å². The normalized spacial score (nSPS) is 11.9. The maximum atomic E-state index is 14.3. The molecule has 0 aromatic heterocycles. The van der Waals surface area contributed by atoms with Crippen molar-refractivity contribution >= 4 is 39.1 Å². The monoisotopic (exact) mass is 603 g/mol. The van der Waals surface area contributed by atoms with Gasteiger partial charge in [-0.25, -0.2) is 8.42 Å². The number of carbonyl (C=O) groups is 2. The molecular weight excluding hydrogens is 570 g/mol. The Balaban J connectivity index is 1.79. The molecule has 0 fully saturated rings. The van der Waals surface area contributed by atoms with Crippen LogP contribution in [0.1, 0.15) is 22.3 Å². The van der Waals surface area contributed by atoms with Crippen LogP contribution in [0.25, 0.3) is 0 Å². The lowest BCUT2D eigenvalue weighted by atomic mass is 10.0. The maximum absolute atomic E-state index is 14.3. The van der Waals surface area contributed by atoms with Crippen LogP contribution in [0.4, 0.5) is 5.69 Å².